The minimum absolute atomic E-state index is 0.644. The van der Waals surface area contributed by atoms with Gasteiger partial charge in [0.1, 0.15) is 0 Å². The molecule has 1 unspecified atom stereocenters. The highest BCUT2D eigenvalue weighted by Gasteiger charge is 2.26. The normalized spacial score (nSPS) is 13.0. The Morgan fingerprint density at radius 3 is 2.30 bits per heavy atom. The van der Waals surface area contributed by atoms with Crippen LogP contribution in [0.1, 0.15) is 71.6 Å². The highest BCUT2D eigenvalue weighted by atomic mass is 16.5. The molecule has 0 bridgehead atoms. The highest BCUT2D eigenvalue weighted by Crippen LogP contribution is 2.23. The van der Waals surface area contributed by atoms with Gasteiger partial charge in [-0.15, -0.1) is 4.98 Å². The number of benzene rings is 1. The van der Waals surface area contributed by atoms with Gasteiger partial charge >= 0.3 is 6.01 Å². The smallest absolute Gasteiger partial charge is 0.282 e. The van der Waals surface area contributed by atoms with Crippen molar-refractivity contribution < 1.29 is 4.52 Å². The minimum atomic E-state index is 0.644. The molecule has 0 aliphatic carbocycles. The second-order valence-corrected chi connectivity index (χ2v) is 8.48. The van der Waals surface area contributed by atoms with Gasteiger partial charge in [-0.1, -0.05) is 94.3 Å². The Labute approximate surface area is 165 Å². The van der Waals surface area contributed by atoms with Crippen molar-refractivity contribution >= 4 is 6.01 Å². The zero-order valence-electron chi connectivity index (χ0n) is 17.8. The van der Waals surface area contributed by atoms with E-state index in [4.69, 9.17) is 4.52 Å². The summed E-state index contributed by atoms with van der Waals surface area (Å²) in [7, 11) is 4.30. The Bertz CT molecular complexity index is 636. The molecule has 0 spiro atoms. The Hall–Kier alpha value is -1.68. The number of rotatable bonds is 13. The van der Waals surface area contributed by atoms with E-state index in [2.05, 4.69) is 38.1 Å². The molecule has 4 heteroatoms. The SMILES string of the molecule is CCCCCCCC(C)CCCC[N+](C)(C)c1nc(-c2ccccc2)no1. The number of unbranched alkanes of at least 4 members (excludes halogenated alkanes) is 5. The lowest BCUT2D eigenvalue weighted by molar-refractivity contribution is 0.275. The summed E-state index contributed by atoms with van der Waals surface area (Å²) in [4.78, 5) is 4.63. The Morgan fingerprint density at radius 2 is 1.59 bits per heavy atom. The third kappa shape index (κ3) is 7.45. The van der Waals surface area contributed by atoms with Crippen LogP contribution in [0.15, 0.2) is 34.9 Å². The van der Waals surface area contributed by atoms with Gasteiger partial charge < -0.3 is 0 Å². The molecule has 0 saturated heterocycles. The van der Waals surface area contributed by atoms with Gasteiger partial charge in [-0.05, 0) is 18.8 Å². The molecule has 4 nitrogen and oxygen atoms in total. The first-order chi connectivity index (χ1) is 13.0. The van der Waals surface area contributed by atoms with Crippen LogP contribution in [-0.2, 0) is 0 Å². The average molecular weight is 373 g/mol. The minimum Gasteiger partial charge on any atom is -0.282 e. The summed E-state index contributed by atoms with van der Waals surface area (Å²) < 4.78 is 6.20. The highest BCUT2D eigenvalue weighted by molar-refractivity contribution is 5.54. The van der Waals surface area contributed by atoms with E-state index < -0.39 is 0 Å². The standard InChI is InChI=1S/C23H38N3O/c1-5-6-7-8-10-15-20(2)16-13-14-19-26(3,4)23-24-22(25-27-23)21-17-11-9-12-18-21/h9,11-12,17-18,20H,5-8,10,13-16,19H2,1-4H3/q+1. The van der Waals surface area contributed by atoms with E-state index in [9.17, 15) is 0 Å². The Morgan fingerprint density at radius 1 is 0.926 bits per heavy atom. The zero-order chi connectivity index (χ0) is 19.5. The number of hydrogen-bond donors (Lipinski definition) is 0. The fraction of sp³-hybridized carbons (Fsp3) is 0.652. The summed E-state index contributed by atoms with van der Waals surface area (Å²) in [6.07, 6.45) is 12.1. The van der Waals surface area contributed by atoms with Crippen LogP contribution in [0.5, 0.6) is 0 Å². The third-order valence-electron chi connectivity index (χ3n) is 5.43. The molecule has 1 heterocycles. The second kappa shape index (κ2) is 11.2. The van der Waals surface area contributed by atoms with Gasteiger partial charge in [-0.25, -0.2) is 4.48 Å². The van der Waals surface area contributed by atoms with Crippen LogP contribution in [0.3, 0.4) is 0 Å². The van der Waals surface area contributed by atoms with Gasteiger partial charge in [0.15, 0.2) is 0 Å². The maximum atomic E-state index is 5.56. The summed E-state index contributed by atoms with van der Waals surface area (Å²) in [6.45, 7) is 5.71. The third-order valence-corrected chi connectivity index (χ3v) is 5.43. The van der Waals surface area contributed by atoms with Crippen molar-refractivity contribution in [1.82, 2.24) is 14.6 Å². The van der Waals surface area contributed by atoms with Crippen LogP contribution < -0.4 is 4.48 Å². The van der Waals surface area contributed by atoms with Crippen molar-refractivity contribution in [1.29, 1.82) is 0 Å². The molecule has 0 amide bonds. The summed E-state index contributed by atoms with van der Waals surface area (Å²) >= 11 is 0. The molecule has 0 aliphatic heterocycles. The number of aromatic nitrogens is 2. The molecule has 0 fully saturated rings. The molecule has 0 radical (unpaired) electrons. The molecule has 1 aromatic carbocycles. The van der Waals surface area contributed by atoms with Crippen LogP contribution in [0.4, 0.5) is 6.01 Å². The van der Waals surface area contributed by atoms with Crippen molar-refractivity contribution in [3.63, 3.8) is 0 Å². The van der Waals surface area contributed by atoms with E-state index in [1.54, 1.807) is 0 Å². The molecule has 2 aromatic rings. The Kier molecular flexibility index (Phi) is 8.99. The maximum absolute atomic E-state index is 5.56. The van der Waals surface area contributed by atoms with Crippen molar-refractivity contribution in [2.24, 2.45) is 5.92 Å². The summed E-state index contributed by atoms with van der Waals surface area (Å²) in [5.74, 6) is 1.52. The van der Waals surface area contributed by atoms with Gasteiger partial charge in [-0.3, -0.25) is 4.52 Å². The monoisotopic (exact) mass is 372 g/mol. The lowest BCUT2D eigenvalue weighted by atomic mass is 9.97. The van der Waals surface area contributed by atoms with Crippen LogP contribution >= 0.6 is 0 Å². The lowest BCUT2D eigenvalue weighted by Gasteiger charge is -2.23. The first-order valence-electron chi connectivity index (χ1n) is 10.8. The molecule has 0 N–H and O–H groups in total. The van der Waals surface area contributed by atoms with E-state index in [-0.39, 0.29) is 0 Å². The van der Waals surface area contributed by atoms with Crippen LogP contribution in [0, 0.1) is 5.92 Å². The van der Waals surface area contributed by atoms with Crippen molar-refractivity contribution in [3.8, 4) is 11.4 Å². The van der Waals surface area contributed by atoms with E-state index in [0.717, 1.165) is 18.0 Å². The van der Waals surface area contributed by atoms with Crippen molar-refractivity contribution in [3.05, 3.63) is 30.3 Å². The predicted molar refractivity (Wildman–Crippen MR) is 115 cm³/mol. The topological polar surface area (TPSA) is 38.9 Å². The molecule has 0 aliphatic rings. The maximum Gasteiger partial charge on any atom is 0.427 e. The summed E-state index contributed by atoms with van der Waals surface area (Å²) in [5.41, 5.74) is 1.00. The van der Waals surface area contributed by atoms with E-state index >= 15 is 0 Å². The van der Waals surface area contributed by atoms with Gasteiger partial charge in [0.2, 0.25) is 5.82 Å². The molecular weight excluding hydrogens is 334 g/mol. The molecule has 0 saturated carbocycles. The van der Waals surface area contributed by atoms with Crippen molar-refractivity contribution in [2.45, 2.75) is 71.6 Å². The molecular formula is C23H38N3O+. The van der Waals surface area contributed by atoms with Crippen molar-refractivity contribution in [2.75, 3.05) is 20.6 Å². The van der Waals surface area contributed by atoms with Gasteiger partial charge in [-0.2, -0.15) is 0 Å². The average Bonchev–Trinajstić information content (AvgIpc) is 3.17. The largest absolute Gasteiger partial charge is 0.427 e. The fourth-order valence-corrected chi connectivity index (χ4v) is 3.50. The number of hydrogen-bond acceptors (Lipinski definition) is 3. The van der Waals surface area contributed by atoms with E-state index in [1.165, 1.54) is 57.8 Å². The zero-order valence-corrected chi connectivity index (χ0v) is 17.8. The number of nitrogens with zero attached hydrogens (tertiary/aromatic N) is 3. The summed E-state index contributed by atoms with van der Waals surface area (Å²) in [5, 5.41) is 4.16. The van der Waals surface area contributed by atoms with Crippen LogP contribution in [0.25, 0.3) is 11.4 Å². The summed E-state index contributed by atoms with van der Waals surface area (Å²) in [6, 6.07) is 10.7. The van der Waals surface area contributed by atoms with E-state index in [0.29, 0.717) is 16.3 Å². The van der Waals surface area contributed by atoms with Crippen LogP contribution in [0.2, 0.25) is 0 Å². The first-order valence-corrected chi connectivity index (χ1v) is 10.8. The van der Waals surface area contributed by atoms with Crippen LogP contribution in [-0.4, -0.2) is 30.8 Å². The molecule has 2 rings (SSSR count). The quantitative estimate of drug-likeness (QED) is 0.299. The molecule has 1 aromatic heterocycles. The molecule has 27 heavy (non-hydrogen) atoms. The molecule has 1 atom stereocenters. The first kappa shape index (κ1) is 21.6. The van der Waals surface area contributed by atoms with E-state index in [1.807, 2.05) is 30.3 Å². The van der Waals surface area contributed by atoms with Gasteiger partial charge in [0, 0.05) is 5.56 Å². The fourth-order valence-electron chi connectivity index (χ4n) is 3.50. The lowest BCUT2D eigenvalue weighted by Crippen LogP contribution is -2.41. The molecule has 150 valence electrons. The predicted octanol–water partition coefficient (Wildman–Crippen LogP) is 6.47. The Balaban J connectivity index is 1.70. The van der Waals surface area contributed by atoms with Gasteiger partial charge in [0.25, 0.3) is 0 Å². The number of quaternary nitrogens is 1. The van der Waals surface area contributed by atoms with Gasteiger partial charge in [0.05, 0.1) is 20.6 Å². The second-order valence-electron chi connectivity index (χ2n) is 8.48.